The van der Waals surface area contributed by atoms with Crippen molar-refractivity contribution in [3.8, 4) is 11.4 Å². The molecule has 1 fully saturated rings. The molecule has 2 aromatic rings. The molecule has 1 aliphatic heterocycles. The van der Waals surface area contributed by atoms with Crippen LogP contribution in [0.3, 0.4) is 0 Å². The first kappa shape index (κ1) is 15.8. The van der Waals surface area contributed by atoms with Gasteiger partial charge in [0.05, 0.1) is 18.1 Å². The van der Waals surface area contributed by atoms with E-state index < -0.39 is 15.7 Å². The Bertz CT molecular complexity index is 830. The number of nitrogens with two attached hydrogens (primary N) is 1. The van der Waals surface area contributed by atoms with Crippen molar-refractivity contribution in [2.45, 2.75) is 24.0 Å². The van der Waals surface area contributed by atoms with E-state index in [1.807, 2.05) is 0 Å². The molecule has 3 rings (SSSR count). The van der Waals surface area contributed by atoms with E-state index in [2.05, 4.69) is 15.0 Å². The van der Waals surface area contributed by atoms with Crippen molar-refractivity contribution in [2.24, 2.45) is 0 Å². The van der Waals surface area contributed by atoms with E-state index in [-0.39, 0.29) is 28.5 Å². The van der Waals surface area contributed by atoms with Crippen LogP contribution in [-0.2, 0) is 14.6 Å². The number of hydrogen-bond acceptors (Lipinski definition) is 7. The van der Waals surface area contributed by atoms with Crippen molar-refractivity contribution in [3.05, 3.63) is 18.2 Å². The molecule has 0 radical (unpaired) electrons. The molecule has 0 atom stereocenters. The van der Waals surface area contributed by atoms with E-state index in [1.165, 1.54) is 10.8 Å². The van der Waals surface area contributed by atoms with Crippen LogP contribution in [0.2, 0.25) is 0 Å². The third kappa shape index (κ3) is 3.04. The maximum atomic E-state index is 14.1. The minimum Gasteiger partial charge on any atom is -0.381 e. The van der Waals surface area contributed by atoms with Crippen molar-refractivity contribution < 1.29 is 17.5 Å². The van der Waals surface area contributed by atoms with Gasteiger partial charge in [0.2, 0.25) is 20.9 Å². The van der Waals surface area contributed by atoms with Gasteiger partial charge in [-0.25, -0.2) is 27.8 Å². The van der Waals surface area contributed by atoms with Gasteiger partial charge in [-0.15, -0.1) is 0 Å². The number of anilines is 1. The lowest BCUT2D eigenvalue weighted by molar-refractivity contribution is 0.0676. The average Bonchev–Trinajstić information content (AvgIpc) is 2.95. The monoisotopic (exact) mass is 341 g/mol. The Morgan fingerprint density at radius 1 is 1.30 bits per heavy atom. The van der Waals surface area contributed by atoms with Gasteiger partial charge in [-0.1, -0.05) is 0 Å². The maximum Gasteiger partial charge on any atom is 0.228 e. The van der Waals surface area contributed by atoms with Crippen LogP contribution in [0.4, 0.5) is 10.3 Å². The zero-order valence-electron chi connectivity index (χ0n) is 12.4. The van der Waals surface area contributed by atoms with Crippen LogP contribution >= 0.6 is 0 Å². The summed E-state index contributed by atoms with van der Waals surface area (Å²) in [5.41, 5.74) is 5.73. The zero-order chi connectivity index (χ0) is 16.6. The molecule has 0 aliphatic carbocycles. The number of hydrogen-bond donors (Lipinski definition) is 1. The van der Waals surface area contributed by atoms with E-state index in [4.69, 9.17) is 10.5 Å². The van der Waals surface area contributed by atoms with Gasteiger partial charge in [-0.05, 0) is 12.8 Å². The number of nitrogens with zero attached hydrogens (tertiary/aromatic N) is 4. The molecule has 0 spiro atoms. The maximum absolute atomic E-state index is 14.1. The molecule has 0 aromatic carbocycles. The number of nitrogen functional groups attached to an aromatic ring is 1. The molecule has 1 aliphatic rings. The number of aromatic nitrogens is 4. The SMILES string of the molecule is CS(=O)(=O)c1ncc(-c2nc(N)ncc2F)n1C1CCOCC1. The summed E-state index contributed by atoms with van der Waals surface area (Å²) in [7, 11) is -3.58. The fourth-order valence-corrected chi connectivity index (χ4v) is 3.50. The summed E-state index contributed by atoms with van der Waals surface area (Å²) in [5.74, 6) is -0.783. The molecule has 2 aromatic heterocycles. The summed E-state index contributed by atoms with van der Waals surface area (Å²) >= 11 is 0. The van der Waals surface area contributed by atoms with Crippen LogP contribution in [0, 0.1) is 5.82 Å². The summed E-state index contributed by atoms with van der Waals surface area (Å²) in [6, 6.07) is -0.165. The lowest BCUT2D eigenvalue weighted by Crippen LogP contribution is -2.23. The highest BCUT2D eigenvalue weighted by Crippen LogP contribution is 2.32. The largest absolute Gasteiger partial charge is 0.381 e. The molecule has 2 N–H and O–H groups in total. The number of halogens is 1. The molecular formula is C13H16FN5O3S. The summed E-state index contributed by atoms with van der Waals surface area (Å²) in [5, 5.41) is -0.115. The van der Waals surface area contributed by atoms with E-state index in [9.17, 15) is 12.8 Å². The quantitative estimate of drug-likeness (QED) is 0.879. The van der Waals surface area contributed by atoms with Crippen molar-refractivity contribution in [3.63, 3.8) is 0 Å². The molecule has 0 unspecified atom stereocenters. The highest BCUT2D eigenvalue weighted by Gasteiger charge is 2.28. The van der Waals surface area contributed by atoms with E-state index in [0.717, 1.165) is 12.5 Å². The van der Waals surface area contributed by atoms with Gasteiger partial charge in [0.15, 0.2) is 5.82 Å². The predicted molar refractivity (Wildman–Crippen MR) is 79.8 cm³/mol. The lowest BCUT2D eigenvalue weighted by Gasteiger charge is -2.26. The van der Waals surface area contributed by atoms with Gasteiger partial charge in [0.1, 0.15) is 5.69 Å². The second kappa shape index (κ2) is 5.85. The first-order valence-corrected chi connectivity index (χ1v) is 8.90. The van der Waals surface area contributed by atoms with Crippen molar-refractivity contribution >= 4 is 15.8 Å². The molecular weight excluding hydrogens is 325 g/mol. The molecule has 8 nitrogen and oxygen atoms in total. The molecule has 124 valence electrons. The molecule has 23 heavy (non-hydrogen) atoms. The molecule has 0 bridgehead atoms. The highest BCUT2D eigenvalue weighted by atomic mass is 32.2. The first-order valence-electron chi connectivity index (χ1n) is 7.01. The topological polar surface area (TPSA) is 113 Å². The van der Waals surface area contributed by atoms with Crippen LogP contribution in [0.25, 0.3) is 11.4 Å². The molecule has 1 saturated heterocycles. The Labute approximate surface area is 132 Å². The van der Waals surface area contributed by atoms with Crippen molar-refractivity contribution in [2.75, 3.05) is 25.2 Å². The Kier molecular flexibility index (Phi) is 4.02. The van der Waals surface area contributed by atoms with Crippen LogP contribution in [0.5, 0.6) is 0 Å². The second-order valence-corrected chi connectivity index (χ2v) is 7.25. The number of sulfone groups is 1. The predicted octanol–water partition coefficient (Wildman–Crippen LogP) is 0.816. The Morgan fingerprint density at radius 3 is 2.65 bits per heavy atom. The van der Waals surface area contributed by atoms with Gasteiger partial charge in [-0.3, -0.25) is 0 Å². The zero-order valence-corrected chi connectivity index (χ0v) is 13.3. The minimum absolute atomic E-state index is 0.0635. The summed E-state index contributed by atoms with van der Waals surface area (Å²) in [4.78, 5) is 11.5. The van der Waals surface area contributed by atoms with E-state index >= 15 is 0 Å². The van der Waals surface area contributed by atoms with Crippen LogP contribution in [0.1, 0.15) is 18.9 Å². The Balaban J connectivity index is 2.21. The summed E-state index contributed by atoms with van der Waals surface area (Å²) < 4.78 is 45.0. The van der Waals surface area contributed by atoms with Crippen LogP contribution < -0.4 is 5.73 Å². The highest BCUT2D eigenvalue weighted by molar-refractivity contribution is 7.90. The van der Waals surface area contributed by atoms with Crippen LogP contribution in [-0.4, -0.2) is 47.4 Å². The van der Waals surface area contributed by atoms with Crippen LogP contribution in [0.15, 0.2) is 17.6 Å². The number of imidazole rings is 1. The molecule has 3 heterocycles. The first-order chi connectivity index (χ1) is 10.9. The Hall–Kier alpha value is -2.07. The molecule has 0 amide bonds. The molecule has 10 heteroatoms. The van der Waals surface area contributed by atoms with E-state index in [1.54, 1.807) is 0 Å². The fraction of sp³-hybridized carbons (Fsp3) is 0.462. The Morgan fingerprint density at radius 2 is 2.00 bits per heavy atom. The standard InChI is InChI=1S/C13H16FN5O3S/c1-23(20,21)13-17-7-10(11-9(14)6-16-12(15)18-11)19(13)8-2-4-22-5-3-8/h6-8H,2-5H2,1H3,(H2,15,16,18). The van der Waals surface area contributed by atoms with Gasteiger partial charge in [-0.2, -0.15) is 0 Å². The van der Waals surface area contributed by atoms with Crippen molar-refractivity contribution in [1.82, 2.24) is 19.5 Å². The van der Waals surface area contributed by atoms with Gasteiger partial charge >= 0.3 is 0 Å². The normalized spacial score (nSPS) is 16.6. The minimum atomic E-state index is -3.58. The average molecular weight is 341 g/mol. The van der Waals surface area contributed by atoms with Gasteiger partial charge < -0.3 is 15.0 Å². The lowest BCUT2D eigenvalue weighted by atomic mass is 10.1. The van der Waals surface area contributed by atoms with Gasteiger partial charge in [0, 0.05) is 25.5 Å². The van der Waals surface area contributed by atoms with E-state index in [0.29, 0.717) is 26.1 Å². The summed E-state index contributed by atoms with van der Waals surface area (Å²) in [6.07, 6.45) is 4.54. The van der Waals surface area contributed by atoms with Crippen molar-refractivity contribution in [1.29, 1.82) is 0 Å². The third-order valence-corrected chi connectivity index (χ3v) is 4.62. The summed E-state index contributed by atoms with van der Waals surface area (Å²) in [6.45, 7) is 1.000. The number of rotatable bonds is 3. The smallest absolute Gasteiger partial charge is 0.228 e. The fourth-order valence-electron chi connectivity index (χ4n) is 2.65. The number of ether oxygens (including phenoxy) is 1. The second-order valence-electron chi connectivity index (χ2n) is 5.34. The van der Waals surface area contributed by atoms with Gasteiger partial charge in [0.25, 0.3) is 0 Å². The third-order valence-electron chi connectivity index (χ3n) is 3.66. The molecule has 0 saturated carbocycles.